The molecule has 0 radical (unpaired) electrons. The Hall–Kier alpha value is -3.34. The summed E-state index contributed by atoms with van der Waals surface area (Å²) in [5.74, 6) is -0.00505. The van der Waals surface area contributed by atoms with Crippen LogP contribution in [0.4, 0.5) is 5.69 Å². The summed E-state index contributed by atoms with van der Waals surface area (Å²) < 4.78 is 1.82. The van der Waals surface area contributed by atoms with Crippen LogP contribution in [0, 0.1) is 0 Å². The third-order valence-electron chi connectivity index (χ3n) is 4.40. The lowest BCUT2D eigenvalue weighted by molar-refractivity contribution is -0.116. The SMILES string of the molecule is O=C(CCc1c[nH]c2ccccc12)Nc1cnn(Cc2ccccc2)c1. The molecule has 4 rings (SSSR count). The van der Waals surface area contributed by atoms with Crippen molar-refractivity contribution in [2.24, 2.45) is 0 Å². The summed E-state index contributed by atoms with van der Waals surface area (Å²) in [6, 6.07) is 18.3. The third-order valence-corrected chi connectivity index (χ3v) is 4.40. The van der Waals surface area contributed by atoms with Crippen LogP contribution in [0.3, 0.4) is 0 Å². The van der Waals surface area contributed by atoms with E-state index >= 15 is 0 Å². The van der Waals surface area contributed by atoms with E-state index in [1.54, 1.807) is 6.20 Å². The molecule has 2 heterocycles. The van der Waals surface area contributed by atoms with E-state index < -0.39 is 0 Å². The number of carbonyl (C=O) groups is 1. The van der Waals surface area contributed by atoms with Crippen LogP contribution in [-0.2, 0) is 17.8 Å². The number of H-pyrrole nitrogens is 1. The van der Waals surface area contributed by atoms with E-state index in [-0.39, 0.29) is 5.91 Å². The van der Waals surface area contributed by atoms with Gasteiger partial charge in [-0.2, -0.15) is 5.10 Å². The Morgan fingerprint density at radius 1 is 1.08 bits per heavy atom. The Morgan fingerprint density at radius 3 is 2.77 bits per heavy atom. The molecule has 0 aliphatic rings. The third kappa shape index (κ3) is 3.67. The molecule has 0 aliphatic heterocycles. The highest BCUT2D eigenvalue weighted by atomic mass is 16.1. The van der Waals surface area contributed by atoms with Gasteiger partial charge in [-0.3, -0.25) is 9.48 Å². The molecule has 2 aromatic heterocycles. The highest BCUT2D eigenvalue weighted by molar-refractivity contribution is 5.91. The number of aromatic nitrogens is 3. The van der Waals surface area contributed by atoms with Crippen LogP contribution in [0.25, 0.3) is 10.9 Å². The molecular formula is C21H20N4O. The van der Waals surface area contributed by atoms with Gasteiger partial charge in [0, 0.05) is 29.7 Å². The van der Waals surface area contributed by atoms with Gasteiger partial charge >= 0.3 is 0 Å². The van der Waals surface area contributed by atoms with Gasteiger partial charge in [0.15, 0.2) is 0 Å². The number of aryl methyl sites for hydroxylation is 1. The lowest BCUT2D eigenvalue weighted by atomic mass is 10.1. The molecule has 4 aromatic rings. The van der Waals surface area contributed by atoms with Gasteiger partial charge < -0.3 is 10.3 Å². The van der Waals surface area contributed by atoms with Crippen molar-refractivity contribution in [1.82, 2.24) is 14.8 Å². The standard InChI is InChI=1S/C21H20N4O/c26-21(11-10-17-12-22-20-9-5-4-8-19(17)20)24-18-13-23-25(15-18)14-16-6-2-1-3-7-16/h1-9,12-13,15,22H,10-11,14H2,(H,24,26). The first-order valence-electron chi connectivity index (χ1n) is 8.69. The number of nitrogens with zero attached hydrogens (tertiary/aromatic N) is 2. The largest absolute Gasteiger partial charge is 0.361 e. The van der Waals surface area contributed by atoms with Crippen molar-refractivity contribution in [3.63, 3.8) is 0 Å². The molecule has 0 saturated heterocycles. The number of amides is 1. The van der Waals surface area contributed by atoms with Crippen LogP contribution in [0.5, 0.6) is 0 Å². The fourth-order valence-electron chi connectivity index (χ4n) is 3.10. The predicted molar refractivity (Wildman–Crippen MR) is 103 cm³/mol. The topological polar surface area (TPSA) is 62.7 Å². The average Bonchev–Trinajstić information content (AvgIpc) is 3.28. The minimum Gasteiger partial charge on any atom is -0.361 e. The van der Waals surface area contributed by atoms with Crippen molar-refractivity contribution in [2.75, 3.05) is 5.32 Å². The zero-order valence-electron chi connectivity index (χ0n) is 14.4. The van der Waals surface area contributed by atoms with Crippen LogP contribution in [0.2, 0.25) is 0 Å². The van der Waals surface area contributed by atoms with Crippen LogP contribution in [-0.4, -0.2) is 20.7 Å². The molecule has 2 aromatic carbocycles. The smallest absolute Gasteiger partial charge is 0.224 e. The number of carbonyl (C=O) groups excluding carboxylic acids is 1. The maximum atomic E-state index is 12.3. The zero-order valence-corrected chi connectivity index (χ0v) is 14.4. The Morgan fingerprint density at radius 2 is 1.88 bits per heavy atom. The number of rotatable bonds is 6. The van der Waals surface area contributed by atoms with Crippen molar-refractivity contribution >= 4 is 22.5 Å². The molecule has 5 nitrogen and oxygen atoms in total. The maximum Gasteiger partial charge on any atom is 0.224 e. The van der Waals surface area contributed by atoms with Crippen molar-refractivity contribution in [3.8, 4) is 0 Å². The quantitative estimate of drug-likeness (QED) is 0.556. The number of nitrogens with one attached hydrogen (secondary N) is 2. The average molecular weight is 344 g/mol. The van der Waals surface area contributed by atoms with Gasteiger partial charge in [0.1, 0.15) is 0 Å². The Balaban J connectivity index is 1.33. The molecule has 0 aliphatic carbocycles. The summed E-state index contributed by atoms with van der Waals surface area (Å²) in [5.41, 5.74) is 4.17. The minimum atomic E-state index is -0.00505. The molecular weight excluding hydrogens is 324 g/mol. The normalized spacial score (nSPS) is 10.9. The van der Waals surface area contributed by atoms with Gasteiger partial charge in [-0.25, -0.2) is 0 Å². The van der Waals surface area contributed by atoms with Crippen molar-refractivity contribution in [3.05, 3.63) is 84.3 Å². The number of aromatic amines is 1. The molecule has 26 heavy (non-hydrogen) atoms. The highest BCUT2D eigenvalue weighted by Gasteiger charge is 2.08. The second kappa shape index (κ2) is 7.27. The van der Waals surface area contributed by atoms with Gasteiger partial charge in [-0.05, 0) is 23.6 Å². The van der Waals surface area contributed by atoms with Crippen LogP contribution >= 0.6 is 0 Å². The van der Waals surface area contributed by atoms with E-state index in [9.17, 15) is 4.79 Å². The number of hydrogen-bond donors (Lipinski definition) is 2. The highest BCUT2D eigenvalue weighted by Crippen LogP contribution is 2.19. The molecule has 0 atom stereocenters. The van der Waals surface area contributed by atoms with E-state index in [0.717, 1.165) is 16.8 Å². The molecule has 0 saturated carbocycles. The molecule has 2 N–H and O–H groups in total. The fraction of sp³-hybridized carbons (Fsp3) is 0.143. The monoisotopic (exact) mass is 344 g/mol. The Labute approximate surface area is 151 Å². The van der Waals surface area contributed by atoms with Gasteiger partial charge in [0.25, 0.3) is 0 Å². The van der Waals surface area contributed by atoms with Crippen LogP contribution in [0.15, 0.2) is 73.2 Å². The lowest BCUT2D eigenvalue weighted by Gasteiger charge is -2.03. The first-order chi connectivity index (χ1) is 12.8. The van der Waals surface area contributed by atoms with Gasteiger partial charge in [0.05, 0.1) is 18.4 Å². The number of hydrogen-bond acceptors (Lipinski definition) is 2. The van der Waals surface area contributed by atoms with Gasteiger partial charge in [-0.15, -0.1) is 0 Å². The summed E-state index contributed by atoms with van der Waals surface area (Å²) in [7, 11) is 0. The van der Waals surface area contributed by atoms with E-state index in [1.807, 2.05) is 53.5 Å². The van der Waals surface area contributed by atoms with Gasteiger partial charge in [0.2, 0.25) is 5.91 Å². The molecule has 130 valence electrons. The zero-order chi connectivity index (χ0) is 17.8. The van der Waals surface area contributed by atoms with E-state index in [2.05, 4.69) is 33.6 Å². The second-order valence-corrected chi connectivity index (χ2v) is 6.32. The van der Waals surface area contributed by atoms with Crippen molar-refractivity contribution in [2.45, 2.75) is 19.4 Å². The van der Waals surface area contributed by atoms with Crippen LogP contribution in [0.1, 0.15) is 17.5 Å². The molecule has 0 bridgehead atoms. The first kappa shape index (κ1) is 16.1. The minimum absolute atomic E-state index is 0.00505. The van der Waals surface area contributed by atoms with E-state index in [0.29, 0.717) is 19.4 Å². The number of fused-ring (bicyclic) bond motifs is 1. The summed E-state index contributed by atoms with van der Waals surface area (Å²) in [5, 5.41) is 8.42. The Bertz CT molecular complexity index is 1020. The fourth-order valence-corrected chi connectivity index (χ4v) is 3.10. The molecule has 0 unspecified atom stereocenters. The van der Waals surface area contributed by atoms with Crippen LogP contribution < -0.4 is 5.32 Å². The summed E-state index contributed by atoms with van der Waals surface area (Å²) in [4.78, 5) is 15.5. The van der Waals surface area contributed by atoms with Crippen molar-refractivity contribution < 1.29 is 4.79 Å². The molecule has 5 heteroatoms. The predicted octanol–water partition coefficient (Wildman–Crippen LogP) is 3.98. The number of para-hydroxylation sites is 1. The number of benzene rings is 2. The summed E-state index contributed by atoms with van der Waals surface area (Å²) in [6.07, 6.45) is 6.67. The molecule has 0 spiro atoms. The van der Waals surface area contributed by atoms with E-state index in [4.69, 9.17) is 0 Å². The second-order valence-electron chi connectivity index (χ2n) is 6.32. The maximum absolute atomic E-state index is 12.3. The molecule has 0 fully saturated rings. The summed E-state index contributed by atoms with van der Waals surface area (Å²) in [6.45, 7) is 0.687. The molecule has 1 amide bonds. The van der Waals surface area contributed by atoms with E-state index in [1.165, 1.54) is 10.9 Å². The first-order valence-corrected chi connectivity index (χ1v) is 8.69. The van der Waals surface area contributed by atoms with Gasteiger partial charge in [-0.1, -0.05) is 48.5 Å². The Kier molecular flexibility index (Phi) is 4.51. The summed E-state index contributed by atoms with van der Waals surface area (Å²) >= 11 is 0. The number of anilines is 1. The van der Waals surface area contributed by atoms with Crippen molar-refractivity contribution in [1.29, 1.82) is 0 Å². The lowest BCUT2D eigenvalue weighted by Crippen LogP contribution is -2.11.